The van der Waals surface area contributed by atoms with Crippen molar-refractivity contribution < 1.29 is 22.7 Å². The molecule has 1 unspecified atom stereocenters. The summed E-state index contributed by atoms with van der Waals surface area (Å²) in [4.78, 5) is 16.2. The number of amides is 1. The molecule has 128 valence electrons. The summed E-state index contributed by atoms with van der Waals surface area (Å²) in [5.74, 6) is 1.82. The number of hydrogen-bond donors (Lipinski definition) is 1. The smallest absolute Gasteiger partial charge is 0.372 e. The Kier molecular flexibility index (Phi) is 6.79. The average Bonchev–Trinajstić information content (AvgIpc) is 3.00. The normalized spacial score (nSPS) is 24.0. The highest BCUT2D eigenvalue weighted by atomic mass is 32.2. The van der Waals surface area contributed by atoms with E-state index in [0.717, 1.165) is 24.7 Å². The van der Waals surface area contributed by atoms with Crippen molar-refractivity contribution in [1.29, 1.82) is 0 Å². The number of rotatable bonds is 6. The standard InChI is InChI=1S/C13H22F3N3O2S/c14-13(15,16)9-21-7-1-2-18-3-5-19(6-4-18)12(20)11-8-22-10-17-11/h11,17H,1-10H2. The molecule has 0 aromatic rings. The van der Waals surface area contributed by atoms with Gasteiger partial charge >= 0.3 is 6.18 Å². The van der Waals surface area contributed by atoms with Crippen LogP contribution in [0.2, 0.25) is 0 Å². The molecule has 2 heterocycles. The zero-order valence-corrected chi connectivity index (χ0v) is 13.2. The summed E-state index contributed by atoms with van der Waals surface area (Å²) in [6.07, 6.45) is -3.68. The van der Waals surface area contributed by atoms with E-state index in [4.69, 9.17) is 0 Å². The fraction of sp³-hybridized carbons (Fsp3) is 0.923. The molecule has 0 aromatic carbocycles. The Morgan fingerprint density at radius 2 is 2.00 bits per heavy atom. The topological polar surface area (TPSA) is 44.8 Å². The highest BCUT2D eigenvalue weighted by molar-refractivity contribution is 7.99. The van der Waals surface area contributed by atoms with Crippen LogP contribution in [0.25, 0.3) is 0 Å². The molecule has 2 rings (SSSR count). The van der Waals surface area contributed by atoms with Crippen LogP contribution in [0.5, 0.6) is 0 Å². The molecular weight excluding hydrogens is 319 g/mol. The van der Waals surface area contributed by atoms with Crippen LogP contribution in [0.1, 0.15) is 6.42 Å². The van der Waals surface area contributed by atoms with Gasteiger partial charge in [-0.1, -0.05) is 0 Å². The number of alkyl halides is 3. The number of nitrogens with zero attached hydrogens (tertiary/aromatic N) is 2. The first kappa shape index (κ1) is 17.8. The van der Waals surface area contributed by atoms with Gasteiger partial charge in [-0.2, -0.15) is 13.2 Å². The maximum Gasteiger partial charge on any atom is 0.411 e. The molecule has 0 aromatic heterocycles. The number of carbonyl (C=O) groups is 1. The second-order valence-corrected chi connectivity index (χ2v) is 6.49. The number of halogens is 3. The van der Waals surface area contributed by atoms with Crippen molar-refractivity contribution in [3.63, 3.8) is 0 Å². The van der Waals surface area contributed by atoms with Crippen molar-refractivity contribution >= 4 is 17.7 Å². The third-order valence-electron chi connectivity index (χ3n) is 3.73. The number of thioether (sulfide) groups is 1. The predicted molar refractivity (Wildman–Crippen MR) is 78.8 cm³/mol. The van der Waals surface area contributed by atoms with E-state index in [1.165, 1.54) is 0 Å². The van der Waals surface area contributed by atoms with E-state index in [1.54, 1.807) is 11.8 Å². The van der Waals surface area contributed by atoms with Crippen molar-refractivity contribution in [3.8, 4) is 0 Å². The van der Waals surface area contributed by atoms with Gasteiger partial charge in [-0.3, -0.25) is 15.0 Å². The van der Waals surface area contributed by atoms with Gasteiger partial charge in [0.1, 0.15) is 6.61 Å². The zero-order valence-electron chi connectivity index (χ0n) is 12.4. The van der Waals surface area contributed by atoms with E-state index in [0.29, 0.717) is 26.1 Å². The van der Waals surface area contributed by atoms with E-state index in [-0.39, 0.29) is 18.6 Å². The van der Waals surface area contributed by atoms with Crippen molar-refractivity contribution in [2.75, 3.05) is 57.6 Å². The molecule has 0 aliphatic carbocycles. The number of carbonyl (C=O) groups excluding carboxylic acids is 1. The van der Waals surface area contributed by atoms with Gasteiger partial charge in [0.2, 0.25) is 5.91 Å². The van der Waals surface area contributed by atoms with E-state index >= 15 is 0 Å². The van der Waals surface area contributed by atoms with Gasteiger partial charge in [-0.05, 0) is 6.42 Å². The van der Waals surface area contributed by atoms with E-state index in [2.05, 4.69) is 15.0 Å². The van der Waals surface area contributed by atoms with Crippen LogP contribution in [-0.4, -0.2) is 85.5 Å². The molecule has 2 saturated heterocycles. The first-order valence-corrected chi connectivity index (χ1v) is 8.58. The quantitative estimate of drug-likeness (QED) is 0.723. The molecular formula is C13H22F3N3O2S. The minimum Gasteiger partial charge on any atom is -0.372 e. The number of hydrogen-bond acceptors (Lipinski definition) is 5. The van der Waals surface area contributed by atoms with E-state index in [9.17, 15) is 18.0 Å². The van der Waals surface area contributed by atoms with Gasteiger partial charge in [-0.25, -0.2) is 0 Å². The molecule has 22 heavy (non-hydrogen) atoms. The lowest BCUT2D eigenvalue weighted by Gasteiger charge is -2.35. The van der Waals surface area contributed by atoms with Crippen LogP contribution in [0, 0.1) is 0 Å². The van der Waals surface area contributed by atoms with Crippen molar-refractivity contribution in [2.45, 2.75) is 18.6 Å². The number of piperazine rings is 1. The fourth-order valence-corrected chi connectivity index (χ4v) is 3.48. The number of ether oxygens (including phenoxy) is 1. The third-order valence-corrected chi connectivity index (χ3v) is 4.67. The van der Waals surface area contributed by atoms with Crippen LogP contribution >= 0.6 is 11.8 Å². The van der Waals surface area contributed by atoms with Crippen molar-refractivity contribution in [3.05, 3.63) is 0 Å². The van der Waals surface area contributed by atoms with Gasteiger partial charge < -0.3 is 9.64 Å². The maximum atomic E-state index is 12.2. The van der Waals surface area contributed by atoms with Crippen LogP contribution in [0.3, 0.4) is 0 Å². The van der Waals surface area contributed by atoms with Gasteiger partial charge in [0, 0.05) is 51.0 Å². The molecule has 1 N–H and O–H groups in total. The summed E-state index contributed by atoms with van der Waals surface area (Å²) >= 11 is 1.73. The highest BCUT2D eigenvalue weighted by Gasteiger charge is 2.29. The lowest BCUT2D eigenvalue weighted by molar-refractivity contribution is -0.174. The lowest BCUT2D eigenvalue weighted by atomic mass is 10.2. The second-order valence-electron chi connectivity index (χ2n) is 5.46. The van der Waals surface area contributed by atoms with Gasteiger partial charge in [-0.15, -0.1) is 11.8 Å². The Bertz CT molecular complexity index is 357. The second kappa shape index (κ2) is 8.37. The lowest BCUT2D eigenvalue weighted by Crippen LogP contribution is -2.53. The molecule has 9 heteroatoms. The predicted octanol–water partition coefficient (Wildman–Crippen LogP) is 0.762. The Morgan fingerprint density at radius 3 is 2.59 bits per heavy atom. The van der Waals surface area contributed by atoms with Crippen LogP contribution < -0.4 is 5.32 Å². The van der Waals surface area contributed by atoms with Crippen LogP contribution in [0.15, 0.2) is 0 Å². The molecule has 1 atom stereocenters. The van der Waals surface area contributed by atoms with Gasteiger partial charge in [0.05, 0.1) is 6.04 Å². The molecule has 5 nitrogen and oxygen atoms in total. The summed E-state index contributed by atoms with van der Waals surface area (Å²) in [7, 11) is 0. The monoisotopic (exact) mass is 341 g/mol. The minimum absolute atomic E-state index is 0.0627. The van der Waals surface area contributed by atoms with Crippen molar-refractivity contribution in [2.24, 2.45) is 0 Å². The molecule has 0 spiro atoms. The Morgan fingerprint density at radius 1 is 1.27 bits per heavy atom. The summed E-state index contributed by atoms with van der Waals surface area (Å²) in [5.41, 5.74) is 0. The zero-order chi connectivity index (χ0) is 16.0. The highest BCUT2D eigenvalue weighted by Crippen LogP contribution is 2.15. The van der Waals surface area contributed by atoms with Gasteiger partial charge in [0.25, 0.3) is 0 Å². The van der Waals surface area contributed by atoms with E-state index < -0.39 is 12.8 Å². The molecule has 2 aliphatic heterocycles. The Labute approximate surface area is 132 Å². The minimum atomic E-state index is -4.25. The third kappa shape index (κ3) is 5.94. The SMILES string of the molecule is O=C(C1CSCN1)N1CCN(CCCOCC(F)(F)F)CC1. The molecule has 2 fully saturated rings. The maximum absolute atomic E-state index is 12.2. The summed E-state index contributed by atoms with van der Waals surface area (Å²) in [6.45, 7) is 2.55. The molecule has 2 aliphatic rings. The Hall–Kier alpha value is -0.510. The summed E-state index contributed by atoms with van der Waals surface area (Å²) in [6, 6.07) is -0.0627. The molecule has 0 radical (unpaired) electrons. The average molecular weight is 341 g/mol. The molecule has 0 saturated carbocycles. The first-order chi connectivity index (χ1) is 10.5. The van der Waals surface area contributed by atoms with Crippen LogP contribution in [-0.2, 0) is 9.53 Å². The Balaban J connectivity index is 1.56. The molecule has 0 bridgehead atoms. The van der Waals surface area contributed by atoms with Gasteiger partial charge in [0.15, 0.2) is 0 Å². The van der Waals surface area contributed by atoms with Crippen molar-refractivity contribution in [1.82, 2.24) is 15.1 Å². The van der Waals surface area contributed by atoms with E-state index in [1.807, 2.05) is 4.90 Å². The fourth-order valence-electron chi connectivity index (χ4n) is 2.54. The summed E-state index contributed by atoms with van der Waals surface area (Å²) in [5, 5.41) is 3.18. The molecule has 1 amide bonds. The first-order valence-electron chi connectivity index (χ1n) is 7.42. The summed E-state index contributed by atoms with van der Waals surface area (Å²) < 4.78 is 40.3. The number of nitrogens with one attached hydrogen (secondary N) is 1. The largest absolute Gasteiger partial charge is 0.411 e. The van der Waals surface area contributed by atoms with Crippen LogP contribution in [0.4, 0.5) is 13.2 Å².